The van der Waals surface area contributed by atoms with Gasteiger partial charge < -0.3 is 15.3 Å². The third-order valence-electron chi connectivity index (χ3n) is 2.83. The zero-order valence-corrected chi connectivity index (χ0v) is 8.98. The number of ether oxygens (including phenoxy) is 1. The Labute approximate surface area is 96.6 Å². The molecule has 1 saturated heterocycles. The fraction of sp³-hybridized carbons (Fsp3) is 0.400. The normalized spacial score (nSPS) is 24.2. The third-order valence-corrected chi connectivity index (χ3v) is 2.83. The maximum atomic E-state index is 10.6. The molecule has 3 heterocycles. The van der Waals surface area contributed by atoms with Gasteiger partial charge in [0.05, 0.1) is 12.6 Å². The van der Waals surface area contributed by atoms with Crippen LogP contribution in [0.2, 0.25) is 0 Å². The van der Waals surface area contributed by atoms with Gasteiger partial charge in [0.25, 0.3) is 0 Å². The fourth-order valence-electron chi connectivity index (χ4n) is 1.94. The molecule has 1 aliphatic heterocycles. The van der Waals surface area contributed by atoms with E-state index in [1.54, 1.807) is 17.1 Å². The van der Waals surface area contributed by atoms with Crippen molar-refractivity contribution in [2.75, 3.05) is 12.3 Å². The summed E-state index contributed by atoms with van der Waals surface area (Å²) in [4.78, 5) is 16.1. The summed E-state index contributed by atoms with van der Waals surface area (Å²) in [5.74, 6) is 0.361. The lowest BCUT2D eigenvalue weighted by Gasteiger charge is -2.04. The number of nitrogens with zero attached hydrogens (tertiary/aromatic N) is 4. The SMILES string of the molecule is Nc1nccc2nn([C@H]3CO[C@@H](C=O)C3)nc12. The zero-order chi connectivity index (χ0) is 11.8. The number of nitrogens with two attached hydrogens (primary N) is 1. The van der Waals surface area contributed by atoms with Crippen LogP contribution in [0.25, 0.3) is 11.0 Å². The fourth-order valence-corrected chi connectivity index (χ4v) is 1.94. The number of hydrogen-bond acceptors (Lipinski definition) is 6. The molecule has 2 N–H and O–H groups in total. The van der Waals surface area contributed by atoms with Crippen LogP contribution in [0.3, 0.4) is 0 Å². The van der Waals surface area contributed by atoms with Crippen molar-refractivity contribution in [1.29, 1.82) is 0 Å². The van der Waals surface area contributed by atoms with Crippen LogP contribution < -0.4 is 5.73 Å². The molecule has 7 heteroatoms. The van der Waals surface area contributed by atoms with E-state index in [0.29, 0.717) is 29.9 Å². The first-order valence-corrected chi connectivity index (χ1v) is 5.32. The lowest BCUT2D eigenvalue weighted by Crippen LogP contribution is -2.12. The van der Waals surface area contributed by atoms with Crippen LogP contribution in [-0.2, 0) is 9.53 Å². The van der Waals surface area contributed by atoms with Gasteiger partial charge in [-0.25, -0.2) is 4.98 Å². The minimum Gasteiger partial charge on any atom is -0.382 e. The Morgan fingerprint density at radius 3 is 3.12 bits per heavy atom. The van der Waals surface area contributed by atoms with Crippen molar-refractivity contribution in [2.45, 2.75) is 18.6 Å². The van der Waals surface area contributed by atoms with E-state index >= 15 is 0 Å². The van der Waals surface area contributed by atoms with Crippen molar-refractivity contribution in [1.82, 2.24) is 20.0 Å². The van der Waals surface area contributed by atoms with Gasteiger partial charge in [-0.2, -0.15) is 9.90 Å². The molecule has 0 amide bonds. The van der Waals surface area contributed by atoms with Crippen molar-refractivity contribution in [3.8, 4) is 0 Å². The Balaban J connectivity index is 1.96. The third kappa shape index (κ3) is 1.64. The van der Waals surface area contributed by atoms with E-state index < -0.39 is 0 Å². The van der Waals surface area contributed by atoms with E-state index in [9.17, 15) is 4.79 Å². The number of rotatable bonds is 2. The molecule has 0 aromatic carbocycles. The van der Waals surface area contributed by atoms with Gasteiger partial charge in [0.15, 0.2) is 11.3 Å². The van der Waals surface area contributed by atoms with Crippen molar-refractivity contribution in [3.05, 3.63) is 12.3 Å². The molecule has 2 aromatic rings. The monoisotopic (exact) mass is 233 g/mol. The first-order chi connectivity index (χ1) is 8.28. The summed E-state index contributed by atoms with van der Waals surface area (Å²) in [5, 5.41) is 8.60. The summed E-state index contributed by atoms with van der Waals surface area (Å²) in [6.45, 7) is 0.442. The number of anilines is 1. The van der Waals surface area contributed by atoms with Crippen LogP contribution in [0.1, 0.15) is 12.5 Å². The van der Waals surface area contributed by atoms with Gasteiger partial charge in [-0.05, 0) is 6.07 Å². The summed E-state index contributed by atoms with van der Waals surface area (Å²) >= 11 is 0. The van der Waals surface area contributed by atoms with Gasteiger partial charge in [0.1, 0.15) is 17.9 Å². The van der Waals surface area contributed by atoms with Gasteiger partial charge in [-0.15, -0.1) is 5.10 Å². The van der Waals surface area contributed by atoms with Crippen LogP contribution in [0.4, 0.5) is 5.82 Å². The minimum absolute atomic E-state index is 0.0167. The average Bonchev–Trinajstić information content (AvgIpc) is 2.95. The number of nitrogen functional groups attached to an aromatic ring is 1. The number of carbonyl (C=O) groups is 1. The predicted octanol–water partition coefficient (Wildman–Crippen LogP) is -0.0626. The Kier molecular flexibility index (Phi) is 2.25. The number of hydrogen-bond donors (Lipinski definition) is 1. The highest BCUT2D eigenvalue weighted by atomic mass is 16.5. The minimum atomic E-state index is -0.357. The summed E-state index contributed by atoms with van der Waals surface area (Å²) in [6, 6.07) is 1.74. The highest BCUT2D eigenvalue weighted by Crippen LogP contribution is 2.24. The number of pyridine rings is 1. The quantitative estimate of drug-likeness (QED) is 0.730. The Bertz CT molecular complexity index is 567. The lowest BCUT2D eigenvalue weighted by atomic mass is 10.2. The van der Waals surface area contributed by atoms with Crippen LogP contribution in [0, 0.1) is 0 Å². The predicted molar refractivity (Wildman–Crippen MR) is 59.2 cm³/mol. The molecular weight excluding hydrogens is 222 g/mol. The van der Waals surface area contributed by atoms with Gasteiger partial charge in [0, 0.05) is 12.6 Å². The molecule has 3 rings (SSSR count). The maximum absolute atomic E-state index is 10.6. The molecule has 88 valence electrons. The molecule has 0 saturated carbocycles. The van der Waals surface area contributed by atoms with Gasteiger partial charge in [-0.1, -0.05) is 0 Å². The van der Waals surface area contributed by atoms with Crippen molar-refractivity contribution < 1.29 is 9.53 Å². The van der Waals surface area contributed by atoms with E-state index in [-0.39, 0.29) is 12.1 Å². The Morgan fingerprint density at radius 1 is 1.53 bits per heavy atom. The van der Waals surface area contributed by atoms with Crippen molar-refractivity contribution >= 4 is 23.1 Å². The highest BCUT2D eigenvalue weighted by molar-refractivity contribution is 5.83. The van der Waals surface area contributed by atoms with Crippen LogP contribution >= 0.6 is 0 Å². The summed E-state index contributed by atoms with van der Waals surface area (Å²) < 4.78 is 5.28. The second-order valence-corrected chi connectivity index (χ2v) is 3.98. The Morgan fingerprint density at radius 2 is 2.41 bits per heavy atom. The highest BCUT2D eigenvalue weighted by Gasteiger charge is 2.28. The first-order valence-electron chi connectivity index (χ1n) is 5.32. The zero-order valence-electron chi connectivity index (χ0n) is 8.98. The van der Waals surface area contributed by atoms with Gasteiger partial charge in [0.2, 0.25) is 0 Å². The molecule has 0 bridgehead atoms. The standard InChI is InChI=1S/C10H11N5O2/c11-10-9-8(1-2-12-10)13-15(14-9)6-3-7(4-16)17-5-6/h1-2,4,6-7H,3,5H2,(H2,11,12)/t6-,7-/m1/s1. The molecule has 1 fully saturated rings. The second kappa shape index (κ2) is 3.77. The molecular formula is C10H11N5O2. The topological polar surface area (TPSA) is 95.9 Å². The van der Waals surface area contributed by atoms with Crippen molar-refractivity contribution in [2.24, 2.45) is 0 Å². The smallest absolute Gasteiger partial charge is 0.155 e. The maximum Gasteiger partial charge on any atom is 0.155 e. The molecule has 1 aliphatic rings. The molecule has 0 radical (unpaired) electrons. The number of aldehydes is 1. The summed E-state index contributed by atoms with van der Waals surface area (Å²) in [6.07, 6.45) is 2.64. The van der Waals surface area contributed by atoms with E-state index in [1.165, 1.54) is 0 Å². The Hall–Kier alpha value is -2.02. The first kappa shape index (κ1) is 10.2. The van der Waals surface area contributed by atoms with E-state index in [1.807, 2.05) is 0 Å². The number of fused-ring (bicyclic) bond motifs is 1. The second-order valence-electron chi connectivity index (χ2n) is 3.98. The molecule has 0 aliphatic carbocycles. The van der Waals surface area contributed by atoms with E-state index in [0.717, 1.165) is 6.29 Å². The summed E-state index contributed by atoms with van der Waals surface area (Å²) in [5.41, 5.74) is 6.99. The molecule has 0 spiro atoms. The van der Waals surface area contributed by atoms with E-state index in [2.05, 4.69) is 15.2 Å². The largest absolute Gasteiger partial charge is 0.382 e. The van der Waals surface area contributed by atoms with Crippen LogP contribution in [0.15, 0.2) is 12.3 Å². The van der Waals surface area contributed by atoms with E-state index in [4.69, 9.17) is 10.5 Å². The van der Waals surface area contributed by atoms with Gasteiger partial charge >= 0.3 is 0 Å². The molecule has 7 nitrogen and oxygen atoms in total. The average molecular weight is 233 g/mol. The van der Waals surface area contributed by atoms with Gasteiger partial charge in [-0.3, -0.25) is 0 Å². The molecule has 17 heavy (non-hydrogen) atoms. The number of aromatic nitrogens is 4. The summed E-state index contributed by atoms with van der Waals surface area (Å²) in [7, 11) is 0. The van der Waals surface area contributed by atoms with Crippen LogP contribution in [-0.4, -0.2) is 39.0 Å². The van der Waals surface area contributed by atoms with Crippen molar-refractivity contribution in [3.63, 3.8) is 0 Å². The number of carbonyl (C=O) groups excluding carboxylic acids is 1. The van der Waals surface area contributed by atoms with Crippen LogP contribution in [0.5, 0.6) is 0 Å². The molecule has 2 aromatic heterocycles. The lowest BCUT2D eigenvalue weighted by molar-refractivity contribution is -0.115. The molecule has 2 atom stereocenters. The molecule has 0 unspecified atom stereocenters.